The Hall–Kier alpha value is -2.84. The zero-order valence-electron chi connectivity index (χ0n) is 36.5. The number of carbonyl (C=O) groups is 1. The maximum absolute atomic E-state index is 12.7. The molecule has 0 aliphatic carbocycles. The van der Waals surface area contributed by atoms with Crippen LogP contribution in [-0.4, -0.2) is 75.6 Å². The van der Waals surface area contributed by atoms with Crippen molar-refractivity contribution in [2.24, 2.45) is 0 Å². The number of phosphoric ester groups is 1. The van der Waals surface area contributed by atoms with E-state index in [0.29, 0.717) is 24.1 Å². The predicted molar refractivity (Wildman–Crippen MR) is 242 cm³/mol. The summed E-state index contributed by atoms with van der Waals surface area (Å²) < 4.78 is 34.9. The summed E-state index contributed by atoms with van der Waals surface area (Å²) in [6, 6.07) is 0. The second-order valence-corrected chi connectivity index (χ2v) is 16.4. The second kappa shape index (κ2) is 40.0. The molecule has 0 bridgehead atoms. The molecule has 0 aromatic heterocycles. The van der Waals surface area contributed by atoms with Crippen LogP contribution in [0.3, 0.4) is 0 Å². The maximum atomic E-state index is 12.7. The third-order valence-corrected chi connectivity index (χ3v) is 9.33. The molecule has 8 nitrogen and oxygen atoms in total. The van der Waals surface area contributed by atoms with Gasteiger partial charge in [-0.25, -0.2) is 4.57 Å². The highest BCUT2D eigenvalue weighted by Gasteiger charge is 2.26. The lowest BCUT2D eigenvalue weighted by atomic mass is 10.1. The van der Waals surface area contributed by atoms with Crippen LogP contribution in [-0.2, 0) is 27.9 Å². The molecule has 0 amide bonds. The van der Waals surface area contributed by atoms with Gasteiger partial charge in [0, 0.05) is 13.0 Å². The van der Waals surface area contributed by atoms with Gasteiger partial charge in [-0.1, -0.05) is 149 Å². The molecule has 0 aliphatic heterocycles. The molecule has 0 heterocycles. The first-order chi connectivity index (χ1) is 27.6. The summed E-state index contributed by atoms with van der Waals surface area (Å²) >= 11 is 0. The van der Waals surface area contributed by atoms with Crippen molar-refractivity contribution in [3.05, 3.63) is 109 Å². The molecular formula is C48H81NO7P+. The van der Waals surface area contributed by atoms with Crippen LogP contribution in [0.2, 0.25) is 0 Å². The van der Waals surface area contributed by atoms with E-state index in [-0.39, 0.29) is 26.2 Å². The Kier molecular flexibility index (Phi) is 38.0. The molecule has 0 aromatic carbocycles. The summed E-state index contributed by atoms with van der Waals surface area (Å²) in [7, 11) is 1.59. The molecule has 324 valence electrons. The fourth-order valence-corrected chi connectivity index (χ4v) is 5.80. The van der Waals surface area contributed by atoms with E-state index < -0.39 is 19.9 Å². The van der Waals surface area contributed by atoms with Gasteiger partial charge < -0.3 is 18.9 Å². The van der Waals surface area contributed by atoms with Crippen LogP contribution in [0.5, 0.6) is 0 Å². The number of allylic oxidation sites excluding steroid dienone is 18. The van der Waals surface area contributed by atoms with Crippen molar-refractivity contribution < 1.29 is 37.3 Å². The topological polar surface area (TPSA) is 91.3 Å². The fourth-order valence-electron chi connectivity index (χ4n) is 5.06. The molecule has 0 saturated heterocycles. The number of ether oxygens (including phenoxy) is 2. The number of nitrogens with zero attached hydrogens (tertiary/aromatic N) is 1. The molecule has 0 radical (unpaired) electrons. The summed E-state index contributed by atoms with van der Waals surface area (Å²) in [4.78, 5) is 22.9. The van der Waals surface area contributed by atoms with E-state index in [2.05, 4.69) is 111 Å². The number of quaternary nitrogens is 1. The highest BCUT2D eigenvalue weighted by atomic mass is 31.2. The quantitative estimate of drug-likeness (QED) is 0.0218. The molecule has 0 saturated carbocycles. The lowest BCUT2D eigenvalue weighted by molar-refractivity contribution is -0.870. The Morgan fingerprint density at radius 2 is 0.965 bits per heavy atom. The van der Waals surface area contributed by atoms with Gasteiger partial charge in [-0.05, 0) is 83.5 Å². The van der Waals surface area contributed by atoms with Gasteiger partial charge in [-0.15, -0.1) is 0 Å². The predicted octanol–water partition coefficient (Wildman–Crippen LogP) is 12.8. The normalized spacial score (nSPS) is 14.8. The summed E-state index contributed by atoms with van der Waals surface area (Å²) in [5.74, 6) is -0.406. The first kappa shape index (κ1) is 54.2. The van der Waals surface area contributed by atoms with Crippen LogP contribution in [0.25, 0.3) is 0 Å². The first-order valence-electron chi connectivity index (χ1n) is 21.6. The van der Waals surface area contributed by atoms with Gasteiger partial charge in [-0.2, -0.15) is 0 Å². The molecule has 57 heavy (non-hydrogen) atoms. The Morgan fingerprint density at radius 3 is 1.44 bits per heavy atom. The Bertz CT molecular complexity index is 1270. The average Bonchev–Trinajstić information content (AvgIpc) is 3.16. The van der Waals surface area contributed by atoms with E-state index in [1.807, 2.05) is 33.3 Å². The maximum Gasteiger partial charge on any atom is 0.472 e. The zero-order valence-corrected chi connectivity index (χ0v) is 37.4. The lowest BCUT2D eigenvalue weighted by Gasteiger charge is -2.24. The highest BCUT2D eigenvalue weighted by molar-refractivity contribution is 7.47. The molecule has 2 unspecified atom stereocenters. The van der Waals surface area contributed by atoms with Crippen LogP contribution in [0.4, 0.5) is 0 Å². The van der Waals surface area contributed by atoms with E-state index in [0.717, 1.165) is 83.5 Å². The van der Waals surface area contributed by atoms with Crippen molar-refractivity contribution in [1.82, 2.24) is 0 Å². The van der Waals surface area contributed by atoms with E-state index in [1.165, 1.54) is 19.3 Å². The number of hydrogen-bond acceptors (Lipinski definition) is 6. The first-order valence-corrected chi connectivity index (χ1v) is 23.1. The number of likely N-dealkylation sites (N-methyl/N-ethyl adjacent to an activating group) is 1. The SMILES string of the molecule is CC/C=C\C/C=C\C/C=C\C/C=C\C/C=C\C/C=C\CCC(=O)OC(COCCCCCCCC/C=C\C/C=C\C/C=C\CC)COP(=O)(O)OCC[N+](C)(C)C. The minimum atomic E-state index is -4.31. The van der Waals surface area contributed by atoms with E-state index >= 15 is 0 Å². The Labute approximate surface area is 349 Å². The van der Waals surface area contributed by atoms with Gasteiger partial charge in [0.2, 0.25) is 0 Å². The van der Waals surface area contributed by atoms with Crippen LogP contribution >= 0.6 is 7.82 Å². The molecule has 9 heteroatoms. The minimum absolute atomic E-state index is 0.0654. The second-order valence-electron chi connectivity index (χ2n) is 15.0. The Balaban J connectivity index is 4.43. The van der Waals surface area contributed by atoms with Crippen molar-refractivity contribution in [2.75, 3.05) is 54.1 Å². The van der Waals surface area contributed by atoms with Crippen molar-refractivity contribution >= 4 is 13.8 Å². The number of unbranched alkanes of at least 4 members (excludes halogenated alkanes) is 6. The summed E-state index contributed by atoms with van der Waals surface area (Å²) in [6.45, 7) is 5.22. The van der Waals surface area contributed by atoms with Gasteiger partial charge in [0.25, 0.3) is 0 Å². The summed E-state index contributed by atoms with van der Waals surface area (Å²) in [5, 5.41) is 0. The highest BCUT2D eigenvalue weighted by Crippen LogP contribution is 2.43. The molecule has 0 aliphatic rings. The van der Waals surface area contributed by atoms with E-state index in [1.54, 1.807) is 0 Å². The van der Waals surface area contributed by atoms with Crippen molar-refractivity contribution in [3.63, 3.8) is 0 Å². The van der Waals surface area contributed by atoms with Gasteiger partial charge in [0.05, 0.1) is 34.4 Å². The molecule has 0 rings (SSSR count). The molecular weight excluding hydrogens is 734 g/mol. The molecule has 0 spiro atoms. The summed E-state index contributed by atoms with van der Waals surface area (Å²) in [6.07, 6.45) is 55.7. The monoisotopic (exact) mass is 815 g/mol. The van der Waals surface area contributed by atoms with Crippen LogP contribution < -0.4 is 0 Å². The molecule has 2 atom stereocenters. The Morgan fingerprint density at radius 1 is 0.544 bits per heavy atom. The standard InChI is InChI=1S/C48H80NO7P/c1-6-8-10-12-14-16-18-20-22-24-25-26-27-29-31-33-35-37-39-41-48(50)56-47(46-55-57(51,52)54-44-42-49(3,4)5)45-53-43-40-38-36-34-32-30-28-23-21-19-17-15-13-11-9-7-2/h8-11,14-17,20-23,25-26,29,31,35,37,47H,6-7,12-13,18-19,24,27-28,30,32-34,36,38-46H2,1-5H3/p+1/b10-8-,11-9-,16-14-,17-15-,22-20-,23-21-,26-25-,31-29-,37-35-. The van der Waals surface area contributed by atoms with Crippen molar-refractivity contribution in [1.29, 1.82) is 0 Å². The average molecular weight is 815 g/mol. The molecule has 0 aromatic rings. The van der Waals surface area contributed by atoms with Gasteiger partial charge >= 0.3 is 13.8 Å². The van der Waals surface area contributed by atoms with Gasteiger partial charge in [0.1, 0.15) is 19.3 Å². The van der Waals surface area contributed by atoms with E-state index in [9.17, 15) is 14.3 Å². The number of rotatable bonds is 38. The van der Waals surface area contributed by atoms with Crippen molar-refractivity contribution in [2.45, 2.75) is 136 Å². The number of esters is 1. The molecule has 0 fully saturated rings. The van der Waals surface area contributed by atoms with Crippen LogP contribution in [0, 0.1) is 0 Å². The summed E-state index contributed by atoms with van der Waals surface area (Å²) in [5.41, 5.74) is 0. The van der Waals surface area contributed by atoms with Crippen LogP contribution in [0.15, 0.2) is 109 Å². The third kappa shape index (κ3) is 44.1. The number of carbonyl (C=O) groups excluding carboxylic acids is 1. The zero-order chi connectivity index (χ0) is 42.0. The smallest absolute Gasteiger partial charge is 0.457 e. The minimum Gasteiger partial charge on any atom is -0.457 e. The lowest BCUT2D eigenvalue weighted by Crippen LogP contribution is -2.37. The van der Waals surface area contributed by atoms with Crippen LogP contribution in [0.1, 0.15) is 129 Å². The van der Waals surface area contributed by atoms with E-state index in [4.69, 9.17) is 18.5 Å². The number of hydrogen-bond donors (Lipinski definition) is 1. The largest absolute Gasteiger partial charge is 0.472 e. The van der Waals surface area contributed by atoms with Gasteiger partial charge in [-0.3, -0.25) is 13.8 Å². The number of phosphoric acid groups is 1. The molecule has 1 N–H and O–H groups in total. The van der Waals surface area contributed by atoms with Gasteiger partial charge in [0.15, 0.2) is 0 Å². The fraction of sp³-hybridized carbons (Fsp3) is 0.604. The van der Waals surface area contributed by atoms with Crippen molar-refractivity contribution in [3.8, 4) is 0 Å². The third-order valence-electron chi connectivity index (χ3n) is 8.34.